The predicted octanol–water partition coefficient (Wildman–Crippen LogP) is 0.622. The largest absolute Gasteiger partial charge is 0.491 e. The average Bonchev–Trinajstić information content (AvgIpc) is 2.49. The van der Waals surface area contributed by atoms with E-state index in [2.05, 4.69) is 10.2 Å². The van der Waals surface area contributed by atoms with Crippen molar-refractivity contribution in [3.8, 4) is 0 Å². The summed E-state index contributed by atoms with van der Waals surface area (Å²) in [5.41, 5.74) is -0.987. The summed E-state index contributed by atoms with van der Waals surface area (Å²) in [6.45, 7) is 8.22. The number of hydrogen-bond donors (Lipinski definition) is 3. The Kier molecular flexibility index (Phi) is 7.62. The third-order valence-electron chi connectivity index (χ3n) is 4.41. The van der Waals surface area contributed by atoms with E-state index >= 15 is 0 Å². The zero-order chi connectivity index (χ0) is 19.3. The first-order valence-electron chi connectivity index (χ1n) is 8.55. The number of nitrogens with one attached hydrogen (secondary N) is 1. The van der Waals surface area contributed by atoms with E-state index in [9.17, 15) is 14.9 Å². The monoisotopic (exact) mass is 350 g/mol. The van der Waals surface area contributed by atoms with E-state index in [0.717, 1.165) is 13.0 Å². The van der Waals surface area contributed by atoms with Gasteiger partial charge in [-0.3, -0.25) is 4.79 Å². The first kappa shape index (κ1) is 21.6. The molecule has 0 bridgehead atoms. The molecule has 0 fully saturated rings. The first-order valence-corrected chi connectivity index (χ1v) is 8.55. The second-order valence-electron chi connectivity index (χ2n) is 7.57. The van der Waals surface area contributed by atoms with E-state index in [1.54, 1.807) is 52.0 Å². The Morgan fingerprint density at radius 3 is 2.24 bits per heavy atom. The number of benzene rings is 1. The van der Waals surface area contributed by atoms with Gasteiger partial charge in [-0.25, -0.2) is 0 Å². The van der Waals surface area contributed by atoms with Crippen LogP contribution in [0, 0.1) is 0 Å². The molecule has 0 radical (unpaired) electrons. The lowest BCUT2D eigenvalue weighted by atomic mass is 9.76. The zero-order valence-electron chi connectivity index (χ0n) is 16.2. The number of carbonyl (C=O) groups is 1. The summed E-state index contributed by atoms with van der Waals surface area (Å²) in [5.74, 6) is -0.141. The van der Waals surface area contributed by atoms with Crippen LogP contribution < -0.4 is 10.8 Å². The molecule has 0 heterocycles. The molecule has 0 aliphatic rings. The standard InChI is InChI=1S/C18H31BN2O4/c1-17(2,23)18(3,4)25-19(24)15-10-8-14(9-11-15)16(22)20-12-7-13-21(5)6/h8-11,23-24H,7,12-13H2,1-6H3,(H,20,22). The van der Waals surface area contributed by atoms with Gasteiger partial charge in [-0.15, -0.1) is 0 Å². The maximum absolute atomic E-state index is 12.1. The van der Waals surface area contributed by atoms with Gasteiger partial charge in [0.25, 0.3) is 5.91 Å². The molecule has 140 valence electrons. The van der Waals surface area contributed by atoms with Crippen LogP contribution in [0.3, 0.4) is 0 Å². The molecule has 0 saturated carbocycles. The fourth-order valence-corrected chi connectivity index (χ4v) is 1.99. The topological polar surface area (TPSA) is 82.0 Å². The average molecular weight is 350 g/mol. The molecular weight excluding hydrogens is 319 g/mol. The SMILES string of the molecule is CN(C)CCCNC(=O)c1ccc(B(O)OC(C)(C)C(C)(C)O)cc1. The number of carbonyl (C=O) groups excluding carboxylic acids is 1. The molecule has 0 spiro atoms. The van der Waals surface area contributed by atoms with E-state index < -0.39 is 18.3 Å². The summed E-state index contributed by atoms with van der Waals surface area (Å²) in [6.07, 6.45) is 0.884. The fraction of sp³-hybridized carbons (Fsp3) is 0.611. The molecule has 6 nitrogen and oxygen atoms in total. The number of nitrogens with zero attached hydrogens (tertiary/aromatic N) is 1. The molecule has 1 aromatic carbocycles. The highest BCUT2D eigenvalue weighted by molar-refractivity contribution is 6.60. The minimum absolute atomic E-state index is 0.141. The molecule has 0 aliphatic carbocycles. The van der Waals surface area contributed by atoms with Crippen molar-refractivity contribution in [1.29, 1.82) is 0 Å². The van der Waals surface area contributed by atoms with Gasteiger partial charge in [0, 0.05) is 12.1 Å². The summed E-state index contributed by atoms with van der Waals surface area (Å²) in [6, 6.07) is 6.61. The normalized spacial score (nSPS) is 12.4. The van der Waals surface area contributed by atoms with E-state index in [0.29, 0.717) is 17.6 Å². The summed E-state index contributed by atoms with van der Waals surface area (Å²) in [4.78, 5) is 14.1. The Hall–Kier alpha value is -1.41. The van der Waals surface area contributed by atoms with Gasteiger partial charge >= 0.3 is 7.12 Å². The van der Waals surface area contributed by atoms with Crippen LogP contribution in [0.1, 0.15) is 44.5 Å². The Morgan fingerprint density at radius 1 is 1.20 bits per heavy atom. The van der Waals surface area contributed by atoms with Gasteiger partial charge in [0.05, 0.1) is 11.2 Å². The predicted molar refractivity (Wildman–Crippen MR) is 101 cm³/mol. The molecule has 1 rings (SSSR count). The highest BCUT2D eigenvalue weighted by atomic mass is 16.5. The molecule has 0 atom stereocenters. The van der Waals surface area contributed by atoms with Crippen molar-refractivity contribution in [3.63, 3.8) is 0 Å². The molecular formula is C18H31BN2O4. The number of aliphatic hydroxyl groups is 1. The Bertz CT molecular complexity index is 553. The number of hydrogen-bond acceptors (Lipinski definition) is 5. The lowest BCUT2D eigenvalue weighted by molar-refractivity contribution is -0.0982. The van der Waals surface area contributed by atoms with Crippen LogP contribution >= 0.6 is 0 Å². The Morgan fingerprint density at radius 2 is 1.76 bits per heavy atom. The zero-order valence-corrected chi connectivity index (χ0v) is 16.2. The van der Waals surface area contributed by atoms with Crippen LogP contribution in [0.5, 0.6) is 0 Å². The Labute approximate surface area is 151 Å². The quantitative estimate of drug-likeness (QED) is 0.449. The van der Waals surface area contributed by atoms with Crippen molar-refractivity contribution in [1.82, 2.24) is 10.2 Å². The highest BCUT2D eigenvalue weighted by Gasteiger charge is 2.39. The molecule has 0 aromatic heterocycles. The van der Waals surface area contributed by atoms with Gasteiger partial charge in [-0.1, -0.05) is 12.1 Å². The van der Waals surface area contributed by atoms with Gasteiger partial charge in [0.15, 0.2) is 0 Å². The van der Waals surface area contributed by atoms with Crippen molar-refractivity contribution in [2.24, 2.45) is 0 Å². The smallest absolute Gasteiger partial charge is 0.423 e. The third-order valence-corrected chi connectivity index (χ3v) is 4.41. The van der Waals surface area contributed by atoms with Crippen molar-refractivity contribution in [3.05, 3.63) is 29.8 Å². The minimum Gasteiger partial charge on any atom is -0.423 e. The van der Waals surface area contributed by atoms with Crippen molar-refractivity contribution in [2.45, 2.75) is 45.3 Å². The summed E-state index contributed by atoms with van der Waals surface area (Å²) in [7, 11) is 2.80. The van der Waals surface area contributed by atoms with Crippen LogP contribution in [0.25, 0.3) is 0 Å². The van der Waals surface area contributed by atoms with Gasteiger partial charge in [0.1, 0.15) is 0 Å². The van der Waals surface area contributed by atoms with Gasteiger partial charge < -0.3 is 25.0 Å². The van der Waals surface area contributed by atoms with Crippen LogP contribution in [-0.4, -0.2) is 66.4 Å². The third kappa shape index (κ3) is 6.78. The van der Waals surface area contributed by atoms with E-state index in [1.807, 2.05) is 14.1 Å². The minimum atomic E-state index is -1.18. The second-order valence-corrected chi connectivity index (χ2v) is 7.57. The Balaban J connectivity index is 2.62. The number of amides is 1. The first-order chi connectivity index (χ1) is 11.4. The molecule has 0 saturated heterocycles. The van der Waals surface area contributed by atoms with Crippen molar-refractivity contribution >= 4 is 18.5 Å². The van der Waals surface area contributed by atoms with Crippen molar-refractivity contribution in [2.75, 3.05) is 27.2 Å². The maximum atomic E-state index is 12.1. The van der Waals surface area contributed by atoms with Crippen LogP contribution in [0.15, 0.2) is 24.3 Å². The van der Waals surface area contributed by atoms with E-state index in [-0.39, 0.29) is 5.91 Å². The van der Waals surface area contributed by atoms with Crippen LogP contribution in [0.2, 0.25) is 0 Å². The van der Waals surface area contributed by atoms with Crippen molar-refractivity contribution < 1.29 is 19.6 Å². The molecule has 0 aliphatic heterocycles. The van der Waals surface area contributed by atoms with Gasteiger partial charge in [-0.2, -0.15) is 0 Å². The highest BCUT2D eigenvalue weighted by Crippen LogP contribution is 2.25. The summed E-state index contributed by atoms with van der Waals surface area (Å²) >= 11 is 0. The second kappa shape index (κ2) is 8.80. The lowest BCUT2D eigenvalue weighted by Gasteiger charge is -2.38. The molecule has 0 unspecified atom stereocenters. The summed E-state index contributed by atoms with van der Waals surface area (Å²) in [5, 5.41) is 23.2. The van der Waals surface area contributed by atoms with E-state index in [4.69, 9.17) is 4.65 Å². The van der Waals surface area contributed by atoms with E-state index in [1.165, 1.54) is 0 Å². The fourth-order valence-electron chi connectivity index (χ4n) is 1.99. The maximum Gasteiger partial charge on any atom is 0.491 e. The molecule has 7 heteroatoms. The van der Waals surface area contributed by atoms with Gasteiger partial charge in [-0.05, 0) is 72.4 Å². The van der Waals surface area contributed by atoms with Crippen LogP contribution in [-0.2, 0) is 4.65 Å². The molecule has 1 amide bonds. The summed E-state index contributed by atoms with van der Waals surface area (Å²) < 4.78 is 5.59. The van der Waals surface area contributed by atoms with Gasteiger partial charge in [0.2, 0.25) is 0 Å². The molecule has 1 aromatic rings. The van der Waals surface area contributed by atoms with Crippen LogP contribution in [0.4, 0.5) is 0 Å². The molecule has 25 heavy (non-hydrogen) atoms. The lowest BCUT2D eigenvalue weighted by Crippen LogP contribution is -2.53. The number of rotatable bonds is 9. The molecule has 3 N–H and O–H groups in total.